The van der Waals surface area contributed by atoms with Crippen molar-refractivity contribution in [1.29, 1.82) is 0 Å². The van der Waals surface area contributed by atoms with Gasteiger partial charge in [-0.3, -0.25) is 0 Å². The second-order valence-electron chi connectivity index (χ2n) is 6.89. The maximum Gasteiger partial charge on any atom is 0.391 e. The van der Waals surface area contributed by atoms with Crippen molar-refractivity contribution in [2.24, 2.45) is 11.7 Å². The molecule has 1 aliphatic heterocycles. The summed E-state index contributed by atoms with van der Waals surface area (Å²) in [5.41, 5.74) is 8.81. The van der Waals surface area contributed by atoms with Crippen molar-refractivity contribution in [2.45, 2.75) is 32.5 Å². The summed E-state index contributed by atoms with van der Waals surface area (Å²) >= 11 is 0. The molecule has 0 saturated carbocycles. The molecule has 3 nitrogen and oxygen atoms in total. The Morgan fingerprint density at radius 2 is 1.70 bits per heavy atom. The van der Waals surface area contributed by atoms with Gasteiger partial charge in [0.15, 0.2) is 0 Å². The van der Waals surface area contributed by atoms with E-state index in [4.69, 9.17) is 5.73 Å². The van der Waals surface area contributed by atoms with Gasteiger partial charge in [-0.25, -0.2) is 4.39 Å². The molecule has 2 aromatic carbocycles. The van der Waals surface area contributed by atoms with Gasteiger partial charge in [0.2, 0.25) is 0 Å². The molecule has 0 aliphatic carbocycles. The number of alkyl halides is 3. The molecule has 1 aliphatic rings. The summed E-state index contributed by atoms with van der Waals surface area (Å²) in [5, 5.41) is 3.17. The molecule has 0 unspecified atom stereocenters. The number of benzene rings is 2. The van der Waals surface area contributed by atoms with E-state index in [2.05, 4.69) is 5.32 Å². The lowest BCUT2D eigenvalue weighted by Crippen LogP contribution is -2.38. The second kappa shape index (κ2) is 7.76. The first-order valence-electron chi connectivity index (χ1n) is 8.96. The smallest absolute Gasteiger partial charge is 0.372 e. The second-order valence-corrected chi connectivity index (χ2v) is 6.89. The van der Waals surface area contributed by atoms with Gasteiger partial charge in [0.1, 0.15) is 5.82 Å². The first-order valence-corrected chi connectivity index (χ1v) is 8.96. The maximum absolute atomic E-state index is 14.2. The fraction of sp³-hybridized carbons (Fsp3) is 0.400. The molecular weight excluding hydrogens is 358 g/mol. The lowest BCUT2D eigenvalue weighted by Gasteiger charge is -2.34. The van der Waals surface area contributed by atoms with Crippen LogP contribution < -0.4 is 16.0 Å². The summed E-state index contributed by atoms with van der Waals surface area (Å²) in [6, 6.07) is 10.9. The van der Waals surface area contributed by atoms with E-state index in [-0.39, 0.29) is 25.2 Å². The van der Waals surface area contributed by atoms with Gasteiger partial charge < -0.3 is 16.0 Å². The predicted molar refractivity (Wildman–Crippen MR) is 99.7 cm³/mol. The highest BCUT2D eigenvalue weighted by Crippen LogP contribution is 2.35. The monoisotopic (exact) mass is 381 g/mol. The van der Waals surface area contributed by atoms with Gasteiger partial charge >= 0.3 is 6.18 Å². The highest BCUT2D eigenvalue weighted by atomic mass is 19.4. The SMILES string of the molecule is Cc1c(Nc2ccc(N3CCC(C(F)(F)F)CC3)cc2)ccc(CN)c1F. The number of rotatable bonds is 4. The third-order valence-corrected chi connectivity index (χ3v) is 5.16. The van der Waals surface area contributed by atoms with Gasteiger partial charge in [-0.2, -0.15) is 13.2 Å². The van der Waals surface area contributed by atoms with Crippen LogP contribution in [-0.2, 0) is 6.54 Å². The Morgan fingerprint density at radius 3 is 2.26 bits per heavy atom. The highest BCUT2D eigenvalue weighted by molar-refractivity contribution is 5.66. The Bertz CT molecular complexity index is 779. The predicted octanol–water partition coefficient (Wildman–Crippen LogP) is 5.12. The minimum atomic E-state index is -4.10. The van der Waals surface area contributed by atoms with Gasteiger partial charge in [-0.05, 0) is 50.1 Å². The summed E-state index contributed by atoms with van der Waals surface area (Å²) in [6.45, 7) is 2.62. The van der Waals surface area contributed by atoms with Crippen molar-refractivity contribution < 1.29 is 17.6 Å². The van der Waals surface area contributed by atoms with Crippen LogP contribution in [0.15, 0.2) is 36.4 Å². The fourth-order valence-electron chi connectivity index (χ4n) is 3.41. The van der Waals surface area contributed by atoms with Crippen LogP contribution in [0.25, 0.3) is 0 Å². The van der Waals surface area contributed by atoms with Gasteiger partial charge in [0.25, 0.3) is 0 Å². The molecule has 146 valence electrons. The van der Waals surface area contributed by atoms with Crippen LogP contribution in [0.3, 0.4) is 0 Å². The Balaban J connectivity index is 1.66. The van der Waals surface area contributed by atoms with Crippen molar-refractivity contribution in [1.82, 2.24) is 0 Å². The van der Waals surface area contributed by atoms with E-state index >= 15 is 0 Å². The molecule has 27 heavy (non-hydrogen) atoms. The van der Waals surface area contributed by atoms with E-state index in [0.29, 0.717) is 29.9 Å². The van der Waals surface area contributed by atoms with Crippen LogP contribution in [0.2, 0.25) is 0 Å². The van der Waals surface area contributed by atoms with Gasteiger partial charge in [0, 0.05) is 47.8 Å². The van der Waals surface area contributed by atoms with E-state index in [1.54, 1.807) is 19.1 Å². The fourth-order valence-corrected chi connectivity index (χ4v) is 3.41. The van der Waals surface area contributed by atoms with Crippen molar-refractivity contribution >= 4 is 17.1 Å². The molecule has 3 rings (SSSR count). The number of anilines is 3. The first-order chi connectivity index (χ1) is 12.8. The molecule has 0 spiro atoms. The number of hydrogen-bond acceptors (Lipinski definition) is 3. The third kappa shape index (κ3) is 4.35. The van der Waals surface area contributed by atoms with Crippen molar-refractivity contribution in [3.05, 3.63) is 53.3 Å². The summed E-state index contributed by atoms with van der Waals surface area (Å²) in [6.07, 6.45) is -3.86. The maximum atomic E-state index is 14.2. The Labute approximate surface area is 156 Å². The normalized spacial score (nSPS) is 15.9. The summed E-state index contributed by atoms with van der Waals surface area (Å²) in [7, 11) is 0. The average Bonchev–Trinajstić information content (AvgIpc) is 2.66. The van der Waals surface area contributed by atoms with E-state index in [9.17, 15) is 17.6 Å². The van der Waals surface area contributed by atoms with Gasteiger partial charge in [-0.1, -0.05) is 6.07 Å². The molecule has 0 aromatic heterocycles. The largest absolute Gasteiger partial charge is 0.391 e. The van der Waals surface area contributed by atoms with Gasteiger partial charge in [-0.15, -0.1) is 0 Å². The van der Waals surface area contributed by atoms with Crippen molar-refractivity contribution in [2.75, 3.05) is 23.3 Å². The molecule has 1 saturated heterocycles. The summed E-state index contributed by atoms with van der Waals surface area (Å²) in [5.74, 6) is -1.52. The number of hydrogen-bond donors (Lipinski definition) is 2. The molecule has 2 aromatic rings. The zero-order chi connectivity index (χ0) is 19.6. The summed E-state index contributed by atoms with van der Waals surface area (Å²) < 4.78 is 52.5. The van der Waals surface area contributed by atoms with E-state index in [0.717, 1.165) is 11.4 Å². The van der Waals surface area contributed by atoms with Crippen LogP contribution in [0.1, 0.15) is 24.0 Å². The zero-order valence-corrected chi connectivity index (χ0v) is 15.1. The molecule has 0 radical (unpaired) electrons. The number of piperidine rings is 1. The van der Waals surface area contributed by atoms with Crippen LogP contribution in [0.4, 0.5) is 34.6 Å². The Kier molecular flexibility index (Phi) is 5.60. The number of nitrogens with zero attached hydrogens (tertiary/aromatic N) is 1. The van der Waals surface area contributed by atoms with Gasteiger partial charge in [0.05, 0.1) is 5.92 Å². The molecule has 7 heteroatoms. The Morgan fingerprint density at radius 1 is 1.07 bits per heavy atom. The molecule has 1 heterocycles. The van der Waals surface area contributed by atoms with Crippen molar-refractivity contribution in [3.8, 4) is 0 Å². The number of halogens is 4. The van der Waals surface area contributed by atoms with Crippen molar-refractivity contribution in [3.63, 3.8) is 0 Å². The minimum Gasteiger partial charge on any atom is -0.372 e. The van der Waals surface area contributed by atoms with Crippen LogP contribution in [0.5, 0.6) is 0 Å². The topological polar surface area (TPSA) is 41.3 Å². The minimum absolute atomic E-state index is 0.121. The molecular formula is C20H23F4N3. The molecule has 0 amide bonds. The zero-order valence-electron chi connectivity index (χ0n) is 15.1. The van der Waals surface area contributed by atoms with Crippen LogP contribution in [-0.4, -0.2) is 19.3 Å². The lowest BCUT2D eigenvalue weighted by molar-refractivity contribution is -0.179. The third-order valence-electron chi connectivity index (χ3n) is 5.16. The number of nitrogens with one attached hydrogen (secondary N) is 1. The highest BCUT2D eigenvalue weighted by Gasteiger charge is 2.41. The lowest BCUT2D eigenvalue weighted by atomic mass is 9.96. The quantitative estimate of drug-likeness (QED) is 0.723. The first kappa shape index (κ1) is 19.5. The number of nitrogens with two attached hydrogens (primary N) is 1. The van der Waals surface area contributed by atoms with E-state index in [1.165, 1.54) is 0 Å². The van der Waals surface area contributed by atoms with E-state index in [1.807, 2.05) is 29.2 Å². The molecule has 0 bridgehead atoms. The summed E-state index contributed by atoms with van der Waals surface area (Å²) in [4.78, 5) is 1.97. The molecule has 0 atom stereocenters. The Hall–Kier alpha value is -2.28. The average molecular weight is 381 g/mol. The van der Waals surface area contributed by atoms with Crippen LogP contribution >= 0.6 is 0 Å². The molecule has 1 fully saturated rings. The molecule has 3 N–H and O–H groups in total. The standard InChI is InChI=1S/C20H23F4N3/c1-13-18(7-2-14(12-25)19(13)21)26-16-3-5-17(6-4-16)27-10-8-15(9-11-27)20(22,23)24/h2-7,15,26H,8-12,25H2,1H3. The van der Waals surface area contributed by atoms with Crippen LogP contribution in [0, 0.1) is 18.7 Å². The van der Waals surface area contributed by atoms with E-state index < -0.39 is 12.1 Å².